The van der Waals surface area contributed by atoms with Gasteiger partial charge in [0.15, 0.2) is 5.60 Å². The average molecular weight is 452 g/mol. The van der Waals surface area contributed by atoms with Crippen molar-refractivity contribution in [3.8, 4) is 5.75 Å². The third-order valence-electron chi connectivity index (χ3n) is 7.27. The SMILES string of the molecule is C=Cc1ccc(C2(OC)OOC23C2CC4CC(C2)CC3C4)cc1OP(=O)([O-])[O-].[Na+].[Na+]. The summed E-state index contributed by atoms with van der Waals surface area (Å²) in [6, 6.07) is 4.95. The molecule has 1 unspecified atom stereocenters. The molecule has 5 aliphatic rings. The van der Waals surface area contributed by atoms with Gasteiger partial charge in [0.05, 0.1) is 0 Å². The van der Waals surface area contributed by atoms with Gasteiger partial charge in [-0.05, 0) is 61.8 Å². The van der Waals surface area contributed by atoms with Crippen molar-refractivity contribution in [2.45, 2.75) is 43.5 Å². The van der Waals surface area contributed by atoms with Crippen molar-refractivity contribution in [1.82, 2.24) is 0 Å². The van der Waals surface area contributed by atoms with E-state index in [1.54, 1.807) is 19.2 Å². The predicted octanol–water partition coefficient (Wildman–Crippen LogP) is -3.50. The number of hydrogen-bond donors (Lipinski definition) is 0. The van der Waals surface area contributed by atoms with Gasteiger partial charge < -0.3 is 23.6 Å². The number of methoxy groups -OCH3 is 1. The fourth-order valence-electron chi connectivity index (χ4n) is 6.46. The number of phosphoric ester groups is 1. The van der Waals surface area contributed by atoms with Crippen LogP contribution in [0.15, 0.2) is 24.8 Å². The normalized spacial score (nSPS) is 38.4. The Morgan fingerprint density at radius 2 is 1.70 bits per heavy atom. The van der Waals surface area contributed by atoms with Gasteiger partial charge in [0.1, 0.15) is 13.6 Å². The topological polar surface area (TPSA) is 100 Å². The van der Waals surface area contributed by atoms with Crippen LogP contribution in [-0.4, -0.2) is 12.7 Å². The third kappa shape index (κ3) is 3.67. The molecule has 7 nitrogen and oxygen atoms in total. The first-order chi connectivity index (χ1) is 13.3. The van der Waals surface area contributed by atoms with Crippen LogP contribution in [-0.2, 0) is 24.9 Å². The van der Waals surface area contributed by atoms with Gasteiger partial charge in [-0.2, -0.15) is 4.89 Å². The maximum absolute atomic E-state index is 11.2. The smallest absolute Gasteiger partial charge is 0.780 e. The first-order valence-electron chi connectivity index (χ1n) is 9.72. The second-order valence-electron chi connectivity index (χ2n) is 8.58. The van der Waals surface area contributed by atoms with Crippen LogP contribution in [0.25, 0.3) is 6.08 Å². The van der Waals surface area contributed by atoms with Gasteiger partial charge in [-0.3, -0.25) is 0 Å². The standard InChI is InChI=1S/C20H25O7P.2Na/c1-3-14-4-5-15(11-18(14)25-28(21,22)23)20(24-2)19(26-27-20)16-7-12-6-13(9-16)10-17(19)8-12;;/h3-5,11-13,16-17H,1,6-10H2,2H3,(H2,21,22,23);;/q;2*+1/p-2. The largest absolute Gasteiger partial charge is 1.00 e. The summed E-state index contributed by atoms with van der Waals surface area (Å²) < 4.78 is 21.8. The Hall–Kier alpha value is 0.790. The molecule has 1 spiro atoms. The van der Waals surface area contributed by atoms with Gasteiger partial charge in [-0.1, -0.05) is 24.8 Å². The fraction of sp³-hybridized carbons (Fsp3) is 0.600. The molecule has 1 atom stereocenters. The third-order valence-corrected chi connectivity index (χ3v) is 7.69. The fourth-order valence-corrected chi connectivity index (χ4v) is 6.86. The quantitative estimate of drug-likeness (QED) is 0.260. The Balaban J connectivity index is 0.00000128. The summed E-state index contributed by atoms with van der Waals surface area (Å²) in [5, 5.41) is 0. The molecule has 1 aliphatic heterocycles. The van der Waals surface area contributed by atoms with Crippen LogP contribution < -0.4 is 73.4 Å². The summed E-state index contributed by atoms with van der Waals surface area (Å²) in [6.45, 7) is 3.65. The van der Waals surface area contributed by atoms with Gasteiger partial charge in [0.25, 0.3) is 5.79 Å². The Bertz CT molecular complexity index is 841. The minimum absolute atomic E-state index is 0. The van der Waals surface area contributed by atoms with Crippen LogP contribution in [0, 0.1) is 23.7 Å². The van der Waals surface area contributed by atoms with Crippen LogP contribution >= 0.6 is 7.82 Å². The van der Waals surface area contributed by atoms with Gasteiger partial charge in [0.2, 0.25) is 0 Å². The van der Waals surface area contributed by atoms with E-state index in [4.69, 9.17) is 14.5 Å². The average Bonchev–Trinajstić information content (AvgIpc) is 2.60. The molecule has 4 aliphatic carbocycles. The first kappa shape index (κ1) is 25.4. The molecule has 4 bridgehead atoms. The summed E-state index contributed by atoms with van der Waals surface area (Å²) in [5.74, 6) is 0.897. The molecule has 0 N–H and O–H groups in total. The zero-order valence-electron chi connectivity index (χ0n) is 17.7. The van der Waals surface area contributed by atoms with Crippen LogP contribution in [0.4, 0.5) is 0 Å². The first-order valence-corrected chi connectivity index (χ1v) is 11.2. The van der Waals surface area contributed by atoms with Crippen molar-refractivity contribution in [3.05, 3.63) is 35.9 Å². The van der Waals surface area contributed by atoms with Gasteiger partial charge in [0, 0.05) is 18.2 Å². The summed E-state index contributed by atoms with van der Waals surface area (Å²) in [6.07, 6.45) is 7.10. The molecule has 6 rings (SSSR count). The van der Waals surface area contributed by atoms with Crippen molar-refractivity contribution in [2.24, 2.45) is 23.7 Å². The minimum Gasteiger partial charge on any atom is -0.780 e. The second-order valence-corrected chi connectivity index (χ2v) is 9.66. The predicted molar refractivity (Wildman–Crippen MR) is 95.4 cm³/mol. The number of phosphoric acid groups is 1. The summed E-state index contributed by atoms with van der Waals surface area (Å²) >= 11 is 0. The maximum Gasteiger partial charge on any atom is 1.00 e. The summed E-state index contributed by atoms with van der Waals surface area (Å²) in [7, 11) is -3.65. The van der Waals surface area contributed by atoms with Crippen molar-refractivity contribution < 1.29 is 92.5 Å². The molecule has 1 saturated heterocycles. The van der Waals surface area contributed by atoms with Crippen LogP contribution in [0.5, 0.6) is 5.75 Å². The molecule has 0 radical (unpaired) electrons. The number of benzene rings is 1. The molecular formula is C20H23Na2O7P. The van der Waals surface area contributed by atoms with E-state index < -0.39 is 19.2 Å². The van der Waals surface area contributed by atoms with E-state index in [1.807, 2.05) is 0 Å². The van der Waals surface area contributed by atoms with Crippen molar-refractivity contribution in [2.75, 3.05) is 7.11 Å². The monoisotopic (exact) mass is 452 g/mol. The number of rotatable bonds is 5. The Kier molecular flexibility index (Phi) is 7.51. The zero-order valence-corrected chi connectivity index (χ0v) is 22.6. The van der Waals surface area contributed by atoms with E-state index in [0.29, 0.717) is 23.0 Å². The summed E-state index contributed by atoms with van der Waals surface area (Å²) in [5.41, 5.74) is 0.393. The van der Waals surface area contributed by atoms with Crippen molar-refractivity contribution in [3.63, 3.8) is 0 Å². The Morgan fingerprint density at radius 3 is 2.13 bits per heavy atom. The number of hydrogen-bond acceptors (Lipinski definition) is 7. The van der Waals surface area contributed by atoms with Gasteiger partial charge >= 0.3 is 59.1 Å². The van der Waals surface area contributed by atoms with E-state index >= 15 is 0 Å². The molecular weight excluding hydrogens is 429 g/mol. The van der Waals surface area contributed by atoms with E-state index in [-0.39, 0.29) is 64.9 Å². The molecule has 5 fully saturated rings. The molecule has 152 valence electrons. The molecule has 1 aromatic rings. The molecule has 4 saturated carbocycles. The zero-order chi connectivity index (χ0) is 19.7. The van der Waals surface area contributed by atoms with Gasteiger partial charge in [-0.25, -0.2) is 4.89 Å². The summed E-state index contributed by atoms with van der Waals surface area (Å²) in [4.78, 5) is 34.0. The molecule has 30 heavy (non-hydrogen) atoms. The van der Waals surface area contributed by atoms with Crippen molar-refractivity contribution >= 4 is 13.9 Å². The van der Waals surface area contributed by atoms with Gasteiger partial charge in [-0.15, -0.1) is 0 Å². The van der Waals surface area contributed by atoms with E-state index in [1.165, 1.54) is 18.6 Å². The molecule has 0 aromatic heterocycles. The van der Waals surface area contributed by atoms with Crippen LogP contribution in [0.3, 0.4) is 0 Å². The Labute approximate surface area is 220 Å². The number of ether oxygens (including phenoxy) is 1. The van der Waals surface area contributed by atoms with E-state index in [0.717, 1.165) is 37.5 Å². The Morgan fingerprint density at radius 1 is 1.10 bits per heavy atom. The van der Waals surface area contributed by atoms with Crippen LogP contribution in [0.2, 0.25) is 0 Å². The molecule has 1 aromatic carbocycles. The molecule has 0 amide bonds. The maximum atomic E-state index is 11.2. The van der Waals surface area contributed by atoms with Crippen molar-refractivity contribution in [1.29, 1.82) is 0 Å². The molecule has 10 heteroatoms. The van der Waals surface area contributed by atoms with E-state index in [9.17, 15) is 14.4 Å². The second kappa shape index (κ2) is 8.86. The minimum atomic E-state index is -5.22. The van der Waals surface area contributed by atoms with Crippen LogP contribution in [0.1, 0.15) is 43.2 Å². The van der Waals surface area contributed by atoms with E-state index in [2.05, 4.69) is 11.1 Å². The molecule has 1 heterocycles.